The molecule has 0 spiro atoms. The Morgan fingerprint density at radius 1 is 1.29 bits per heavy atom. The summed E-state index contributed by atoms with van der Waals surface area (Å²) < 4.78 is 6.46. The van der Waals surface area contributed by atoms with E-state index < -0.39 is 19.7 Å². The monoisotopic (exact) mass is 357 g/mol. The Morgan fingerprint density at radius 2 is 1.88 bits per heavy atom. The van der Waals surface area contributed by atoms with Crippen molar-refractivity contribution in [1.29, 1.82) is 0 Å². The Hall–Kier alpha value is -0.393. The van der Waals surface area contributed by atoms with Crippen molar-refractivity contribution in [3.05, 3.63) is 0 Å². The van der Waals surface area contributed by atoms with Crippen LogP contribution in [-0.2, 0) is 9.22 Å². The Bertz CT molecular complexity index is 438. The van der Waals surface area contributed by atoms with Gasteiger partial charge in [0.15, 0.2) is 8.32 Å². The molecule has 1 saturated heterocycles. The highest BCUT2D eigenvalue weighted by molar-refractivity contribution is 6.74. The molecule has 0 aromatic rings. The quantitative estimate of drug-likeness (QED) is 0.658. The molecular formula is C19H39NO3Si. The number of carboxylic acid groups (broad SMARTS) is 1. The minimum absolute atomic E-state index is 0.0304. The molecule has 24 heavy (non-hydrogen) atoms. The molecule has 142 valence electrons. The van der Waals surface area contributed by atoms with Crippen molar-refractivity contribution in [1.82, 2.24) is 5.32 Å². The van der Waals surface area contributed by atoms with Crippen molar-refractivity contribution in [3.63, 3.8) is 0 Å². The maximum Gasteiger partial charge on any atom is 0.310 e. The average Bonchev–Trinajstić information content (AvgIpc) is 2.44. The van der Waals surface area contributed by atoms with Crippen LogP contribution in [0, 0.1) is 16.7 Å². The summed E-state index contributed by atoms with van der Waals surface area (Å²) in [6.07, 6.45) is 2.39. The summed E-state index contributed by atoms with van der Waals surface area (Å²) >= 11 is 0. The predicted molar refractivity (Wildman–Crippen MR) is 103 cm³/mol. The van der Waals surface area contributed by atoms with E-state index in [1.807, 2.05) is 0 Å². The van der Waals surface area contributed by atoms with Crippen LogP contribution in [0.5, 0.6) is 0 Å². The molecule has 1 aliphatic heterocycles. The zero-order valence-electron chi connectivity index (χ0n) is 17.1. The summed E-state index contributed by atoms with van der Waals surface area (Å²) in [5.41, 5.74) is -0.650. The Kier molecular flexibility index (Phi) is 6.73. The topological polar surface area (TPSA) is 58.6 Å². The summed E-state index contributed by atoms with van der Waals surface area (Å²) in [6.45, 7) is 20.0. The molecule has 0 unspecified atom stereocenters. The van der Waals surface area contributed by atoms with Crippen LogP contribution in [0.25, 0.3) is 0 Å². The SMILES string of the molecule is CCC[C@]1(C(=O)O)CNC[C@H](C(C)(C)CO[Si](C)(C)C(C)(C)C)C1. The van der Waals surface area contributed by atoms with E-state index in [2.05, 4.69) is 60.0 Å². The minimum atomic E-state index is -1.79. The molecule has 1 aliphatic rings. The van der Waals surface area contributed by atoms with Gasteiger partial charge in [-0.3, -0.25) is 4.79 Å². The third-order valence-corrected chi connectivity index (χ3v) is 10.9. The van der Waals surface area contributed by atoms with E-state index in [9.17, 15) is 9.90 Å². The Balaban J connectivity index is 2.84. The molecule has 0 aromatic heterocycles. The van der Waals surface area contributed by atoms with Crippen LogP contribution in [0.2, 0.25) is 18.1 Å². The number of hydrogen-bond donors (Lipinski definition) is 2. The second-order valence-corrected chi connectivity index (χ2v) is 14.7. The highest BCUT2D eigenvalue weighted by Crippen LogP contribution is 2.43. The molecule has 4 nitrogen and oxygen atoms in total. The fourth-order valence-corrected chi connectivity index (χ4v) is 4.46. The summed E-state index contributed by atoms with van der Waals surface area (Å²) in [7, 11) is -1.79. The molecule has 0 bridgehead atoms. The second-order valence-electron chi connectivity index (χ2n) is 9.90. The number of carbonyl (C=O) groups is 1. The van der Waals surface area contributed by atoms with Crippen LogP contribution in [0.4, 0.5) is 0 Å². The van der Waals surface area contributed by atoms with Crippen LogP contribution in [0.15, 0.2) is 0 Å². The van der Waals surface area contributed by atoms with Gasteiger partial charge < -0.3 is 14.8 Å². The van der Waals surface area contributed by atoms with Crippen molar-refractivity contribution in [2.45, 2.75) is 78.9 Å². The number of carboxylic acids is 1. The van der Waals surface area contributed by atoms with E-state index in [0.717, 1.165) is 25.8 Å². The van der Waals surface area contributed by atoms with Gasteiger partial charge in [-0.1, -0.05) is 48.0 Å². The standard InChI is InChI=1S/C19H39NO3Si/c1-9-10-19(16(21)22)11-15(12-20-13-19)18(5,6)14-23-24(7,8)17(2,3)4/h15,20H,9-14H2,1-8H3,(H,21,22)/t15-,19-/m1/s1. The Morgan fingerprint density at radius 3 is 2.33 bits per heavy atom. The van der Waals surface area contributed by atoms with E-state index in [-0.39, 0.29) is 10.5 Å². The smallest absolute Gasteiger partial charge is 0.310 e. The molecule has 0 radical (unpaired) electrons. The minimum Gasteiger partial charge on any atom is -0.481 e. The molecule has 0 amide bonds. The number of nitrogens with one attached hydrogen (secondary N) is 1. The fourth-order valence-electron chi connectivity index (χ4n) is 3.29. The summed E-state index contributed by atoms with van der Waals surface area (Å²) in [5.74, 6) is -0.332. The van der Waals surface area contributed by atoms with Crippen LogP contribution in [0.3, 0.4) is 0 Å². The second kappa shape index (κ2) is 7.46. The predicted octanol–water partition coefficient (Wildman–Crippen LogP) is 4.52. The van der Waals surface area contributed by atoms with E-state index in [1.54, 1.807) is 0 Å². The van der Waals surface area contributed by atoms with Gasteiger partial charge in [-0.25, -0.2) is 0 Å². The average molecular weight is 358 g/mol. The molecule has 1 heterocycles. The molecule has 0 aromatic carbocycles. The first-order valence-electron chi connectivity index (χ1n) is 9.35. The molecule has 0 aliphatic carbocycles. The number of aliphatic carboxylic acids is 1. The number of hydrogen-bond acceptors (Lipinski definition) is 3. The van der Waals surface area contributed by atoms with Crippen molar-refractivity contribution < 1.29 is 14.3 Å². The molecule has 2 atom stereocenters. The third kappa shape index (κ3) is 4.83. The lowest BCUT2D eigenvalue weighted by Gasteiger charge is -2.46. The highest BCUT2D eigenvalue weighted by Gasteiger charge is 2.47. The van der Waals surface area contributed by atoms with Crippen molar-refractivity contribution >= 4 is 14.3 Å². The zero-order valence-corrected chi connectivity index (χ0v) is 18.1. The molecular weight excluding hydrogens is 318 g/mol. The lowest BCUT2D eigenvalue weighted by atomic mass is 9.65. The normalized spacial score (nSPS) is 26.4. The van der Waals surface area contributed by atoms with Crippen LogP contribution in [0.1, 0.15) is 60.8 Å². The zero-order chi connectivity index (χ0) is 18.8. The lowest BCUT2D eigenvalue weighted by Crippen LogP contribution is -2.53. The first-order chi connectivity index (χ1) is 10.8. The molecule has 5 heteroatoms. The van der Waals surface area contributed by atoms with Gasteiger partial charge in [0.2, 0.25) is 0 Å². The van der Waals surface area contributed by atoms with Gasteiger partial charge in [0.05, 0.1) is 5.41 Å². The number of rotatable bonds is 7. The lowest BCUT2D eigenvalue weighted by molar-refractivity contribution is -0.153. The van der Waals surface area contributed by atoms with Gasteiger partial charge in [-0.15, -0.1) is 0 Å². The van der Waals surface area contributed by atoms with Gasteiger partial charge >= 0.3 is 5.97 Å². The molecule has 1 rings (SSSR count). The third-order valence-electron chi connectivity index (χ3n) is 6.39. The van der Waals surface area contributed by atoms with E-state index in [1.165, 1.54) is 0 Å². The summed E-state index contributed by atoms with van der Waals surface area (Å²) in [6, 6.07) is 0. The summed E-state index contributed by atoms with van der Waals surface area (Å²) in [5, 5.41) is 13.4. The van der Waals surface area contributed by atoms with E-state index in [4.69, 9.17) is 4.43 Å². The largest absolute Gasteiger partial charge is 0.481 e. The van der Waals surface area contributed by atoms with Gasteiger partial charge in [-0.2, -0.15) is 0 Å². The first kappa shape index (κ1) is 21.6. The maximum atomic E-state index is 11.9. The molecule has 2 N–H and O–H groups in total. The van der Waals surface area contributed by atoms with Crippen LogP contribution >= 0.6 is 0 Å². The van der Waals surface area contributed by atoms with Gasteiger partial charge in [-0.05, 0) is 48.9 Å². The van der Waals surface area contributed by atoms with Crippen LogP contribution < -0.4 is 5.32 Å². The van der Waals surface area contributed by atoms with Crippen molar-refractivity contribution in [2.24, 2.45) is 16.7 Å². The highest BCUT2D eigenvalue weighted by atomic mass is 28.4. The van der Waals surface area contributed by atoms with E-state index in [0.29, 0.717) is 19.1 Å². The number of piperidine rings is 1. The maximum absolute atomic E-state index is 11.9. The van der Waals surface area contributed by atoms with Gasteiger partial charge in [0, 0.05) is 13.2 Å². The van der Waals surface area contributed by atoms with Gasteiger partial charge in [0.25, 0.3) is 0 Å². The molecule has 0 saturated carbocycles. The van der Waals surface area contributed by atoms with Crippen molar-refractivity contribution in [2.75, 3.05) is 19.7 Å². The van der Waals surface area contributed by atoms with Crippen molar-refractivity contribution in [3.8, 4) is 0 Å². The summed E-state index contributed by atoms with van der Waals surface area (Å²) in [4.78, 5) is 11.9. The fraction of sp³-hybridized carbons (Fsp3) is 0.947. The Labute approximate surface area is 149 Å². The van der Waals surface area contributed by atoms with Gasteiger partial charge in [0.1, 0.15) is 0 Å². The van der Waals surface area contributed by atoms with E-state index >= 15 is 0 Å². The molecule has 1 fully saturated rings. The first-order valence-corrected chi connectivity index (χ1v) is 12.3. The van der Waals surface area contributed by atoms with Crippen LogP contribution in [-0.4, -0.2) is 39.1 Å².